The molecule has 26 heavy (non-hydrogen) atoms. The van der Waals surface area contributed by atoms with E-state index in [0.717, 1.165) is 28.8 Å². The lowest BCUT2D eigenvalue weighted by molar-refractivity contribution is -0.112. The van der Waals surface area contributed by atoms with Gasteiger partial charge >= 0.3 is 0 Å². The number of nitriles is 1. The Hall–Kier alpha value is -3.06. The SMILES string of the molecule is CCCOc1ccccc1/C=C(\C#N)C(=O)Nc1c(C)cc(C)cc1C. The third-order valence-electron chi connectivity index (χ3n) is 3.96. The zero-order chi connectivity index (χ0) is 19.1. The molecule has 0 heterocycles. The monoisotopic (exact) mass is 348 g/mol. The smallest absolute Gasteiger partial charge is 0.266 e. The molecule has 0 radical (unpaired) electrons. The third-order valence-corrected chi connectivity index (χ3v) is 3.96. The highest BCUT2D eigenvalue weighted by molar-refractivity contribution is 6.10. The summed E-state index contributed by atoms with van der Waals surface area (Å²) in [4.78, 5) is 12.6. The van der Waals surface area contributed by atoms with Crippen molar-refractivity contribution in [3.63, 3.8) is 0 Å². The lowest BCUT2D eigenvalue weighted by atomic mass is 10.0. The third kappa shape index (κ3) is 4.73. The van der Waals surface area contributed by atoms with Gasteiger partial charge in [-0.25, -0.2) is 0 Å². The second-order valence-corrected chi connectivity index (χ2v) is 6.28. The zero-order valence-electron chi connectivity index (χ0n) is 15.7. The Morgan fingerprint density at radius 3 is 2.46 bits per heavy atom. The van der Waals surface area contributed by atoms with Crippen LogP contribution < -0.4 is 10.1 Å². The lowest BCUT2D eigenvalue weighted by Crippen LogP contribution is -2.15. The molecule has 0 saturated heterocycles. The fourth-order valence-electron chi connectivity index (χ4n) is 2.81. The second kappa shape index (κ2) is 8.87. The number of amides is 1. The Bertz CT molecular complexity index is 853. The van der Waals surface area contributed by atoms with E-state index in [1.165, 1.54) is 0 Å². The molecule has 2 aromatic rings. The summed E-state index contributed by atoms with van der Waals surface area (Å²) in [5.41, 5.74) is 4.58. The molecule has 134 valence electrons. The van der Waals surface area contributed by atoms with Gasteiger partial charge in [0, 0.05) is 11.3 Å². The van der Waals surface area contributed by atoms with Gasteiger partial charge in [0.2, 0.25) is 0 Å². The van der Waals surface area contributed by atoms with Gasteiger partial charge in [0.25, 0.3) is 5.91 Å². The summed E-state index contributed by atoms with van der Waals surface area (Å²) in [6.45, 7) is 8.51. The number of nitrogens with one attached hydrogen (secondary N) is 1. The zero-order valence-corrected chi connectivity index (χ0v) is 15.7. The number of anilines is 1. The fourth-order valence-corrected chi connectivity index (χ4v) is 2.81. The maximum absolute atomic E-state index is 12.6. The molecule has 0 aromatic heterocycles. The number of hydrogen-bond acceptors (Lipinski definition) is 3. The molecule has 1 amide bonds. The summed E-state index contributed by atoms with van der Waals surface area (Å²) in [6, 6.07) is 13.4. The van der Waals surface area contributed by atoms with Gasteiger partial charge in [-0.2, -0.15) is 5.26 Å². The van der Waals surface area contributed by atoms with Crippen LogP contribution in [0.15, 0.2) is 42.0 Å². The van der Waals surface area contributed by atoms with Gasteiger partial charge in [0.1, 0.15) is 17.4 Å². The molecule has 2 aromatic carbocycles. The molecule has 0 bridgehead atoms. The van der Waals surface area contributed by atoms with E-state index in [4.69, 9.17) is 4.74 Å². The van der Waals surface area contributed by atoms with E-state index in [2.05, 4.69) is 5.32 Å². The molecule has 0 atom stereocenters. The summed E-state index contributed by atoms with van der Waals surface area (Å²) >= 11 is 0. The van der Waals surface area contributed by atoms with Crippen molar-refractivity contribution in [3.05, 3.63) is 64.2 Å². The maximum Gasteiger partial charge on any atom is 0.266 e. The van der Waals surface area contributed by atoms with E-state index < -0.39 is 5.91 Å². The number of carbonyl (C=O) groups excluding carboxylic acids is 1. The first-order valence-corrected chi connectivity index (χ1v) is 8.69. The first kappa shape index (κ1) is 19.3. The molecule has 2 rings (SSSR count). The normalized spacial score (nSPS) is 11.0. The van der Waals surface area contributed by atoms with Gasteiger partial charge in [-0.05, 0) is 50.5 Å². The van der Waals surface area contributed by atoms with E-state index in [-0.39, 0.29) is 5.57 Å². The first-order chi connectivity index (χ1) is 12.5. The number of ether oxygens (including phenoxy) is 1. The minimum absolute atomic E-state index is 0.0388. The summed E-state index contributed by atoms with van der Waals surface area (Å²) in [5, 5.41) is 12.3. The number of para-hydroxylation sites is 1. The van der Waals surface area contributed by atoms with Crippen molar-refractivity contribution in [1.29, 1.82) is 5.26 Å². The quantitative estimate of drug-likeness (QED) is 0.594. The van der Waals surface area contributed by atoms with E-state index >= 15 is 0 Å². The van der Waals surface area contributed by atoms with Crippen LogP contribution in [0, 0.1) is 32.1 Å². The molecule has 0 aliphatic carbocycles. The Labute approximate surface area is 155 Å². The Balaban J connectivity index is 2.30. The van der Waals surface area contributed by atoms with Crippen LogP contribution >= 0.6 is 0 Å². The Morgan fingerprint density at radius 2 is 1.85 bits per heavy atom. The predicted octanol–water partition coefficient (Wildman–Crippen LogP) is 4.95. The van der Waals surface area contributed by atoms with Crippen LogP contribution in [0.2, 0.25) is 0 Å². The number of benzene rings is 2. The summed E-state index contributed by atoms with van der Waals surface area (Å²) in [5.74, 6) is 0.241. The van der Waals surface area contributed by atoms with E-state index in [1.54, 1.807) is 6.08 Å². The molecule has 0 saturated carbocycles. The molecule has 4 heteroatoms. The van der Waals surface area contributed by atoms with Crippen LogP contribution in [0.5, 0.6) is 5.75 Å². The first-order valence-electron chi connectivity index (χ1n) is 8.69. The van der Waals surface area contributed by atoms with Gasteiger partial charge in [0.05, 0.1) is 6.61 Å². The lowest BCUT2D eigenvalue weighted by Gasteiger charge is -2.13. The maximum atomic E-state index is 12.6. The standard InChI is InChI=1S/C22H24N2O2/c1-5-10-26-20-9-7-6-8-18(20)13-19(14-23)22(25)24-21-16(3)11-15(2)12-17(21)4/h6-9,11-13H,5,10H2,1-4H3,(H,24,25)/b19-13+. The Morgan fingerprint density at radius 1 is 1.19 bits per heavy atom. The number of carbonyl (C=O) groups is 1. The second-order valence-electron chi connectivity index (χ2n) is 6.28. The highest BCUT2D eigenvalue weighted by Crippen LogP contribution is 2.24. The van der Waals surface area contributed by atoms with Gasteiger partial charge in [-0.1, -0.05) is 42.8 Å². The highest BCUT2D eigenvalue weighted by Gasteiger charge is 2.14. The molecule has 1 N–H and O–H groups in total. The van der Waals surface area contributed by atoms with Crippen molar-refractivity contribution in [1.82, 2.24) is 0 Å². The number of aryl methyl sites for hydroxylation is 3. The fraction of sp³-hybridized carbons (Fsp3) is 0.273. The molecule has 0 fully saturated rings. The van der Waals surface area contributed by atoms with Crippen molar-refractivity contribution in [2.24, 2.45) is 0 Å². The van der Waals surface area contributed by atoms with E-state index in [0.29, 0.717) is 17.9 Å². The molecule has 4 nitrogen and oxygen atoms in total. The summed E-state index contributed by atoms with van der Waals surface area (Å²) < 4.78 is 5.70. The summed E-state index contributed by atoms with van der Waals surface area (Å²) in [7, 11) is 0. The molecule has 0 aliphatic rings. The molecular weight excluding hydrogens is 324 g/mol. The molecule has 0 spiro atoms. The van der Waals surface area contributed by atoms with E-state index in [1.807, 2.05) is 70.2 Å². The number of nitrogens with zero attached hydrogens (tertiary/aromatic N) is 1. The van der Waals surface area contributed by atoms with Crippen molar-refractivity contribution in [2.75, 3.05) is 11.9 Å². The number of hydrogen-bond donors (Lipinski definition) is 1. The van der Waals surface area contributed by atoms with Gasteiger partial charge in [-0.3, -0.25) is 4.79 Å². The number of rotatable bonds is 6. The van der Waals surface area contributed by atoms with E-state index in [9.17, 15) is 10.1 Å². The summed E-state index contributed by atoms with van der Waals surface area (Å²) in [6.07, 6.45) is 2.45. The minimum Gasteiger partial charge on any atom is -0.493 e. The molecule has 0 unspecified atom stereocenters. The Kier molecular flexibility index (Phi) is 6.57. The van der Waals surface area contributed by atoms with Crippen LogP contribution in [-0.2, 0) is 4.79 Å². The van der Waals surface area contributed by atoms with Gasteiger partial charge in [0.15, 0.2) is 0 Å². The van der Waals surface area contributed by atoms with Crippen LogP contribution in [0.25, 0.3) is 6.08 Å². The average molecular weight is 348 g/mol. The van der Waals surface area contributed by atoms with Crippen LogP contribution in [0.3, 0.4) is 0 Å². The van der Waals surface area contributed by atoms with Crippen molar-refractivity contribution in [2.45, 2.75) is 34.1 Å². The van der Waals surface area contributed by atoms with Crippen molar-refractivity contribution in [3.8, 4) is 11.8 Å². The molecular formula is C22H24N2O2. The van der Waals surface area contributed by atoms with Crippen LogP contribution in [0.4, 0.5) is 5.69 Å². The largest absolute Gasteiger partial charge is 0.493 e. The van der Waals surface area contributed by atoms with Crippen LogP contribution in [-0.4, -0.2) is 12.5 Å². The predicted molar refractivity (Wildman–Crippen MR) is 105 cm³/mol. The van der Waals surface area contributed by atoms with Gasteiger partial charge < -0.3 is 10.1 Å². The van der Waals surface area contributed by atoms with Gasteiger partial charge in [-0.15, -0.1) is 0 Å². The molecule has 0 aliphatic heterocycles. The van der Waals surface area contributed by atoms with Crippen molar-refractivity contribution >= 4 is 17.7 Å². The van der Waals surface area contributed by atoms with Crippen molar-refractivity contribution < 1.29 is 9.53 Å². The minimum atomic E-state index is -0.423. The van der Waals surface area contributed by atoms with Crippen LogP contribution in [0.1, 0.15) is 35.6 Å². The topological polar surface area (TPSA) is 62.1 Å². The average Bonchev–Trinajstić information content (AvgIpc) is 2.61. The highest BCUT2D eigenvalue weighted by atomic mass is 16.5.